The van der Waals surface area contributed by atoms with Gasteiger partial charge in [0.25, 0.3) is 11.5 Å². The van der Waals surface area contributed by atoms with Gasteiger partial charge in [0.2, 0.25) is 0 Å². The predicted molar refractivity (Wildman–Crippen MR) is 78.6 cm³/mol. The van der Waals surface area contributed by atoms with E-state index in [9.17, 15) is 9.59 Å². The largest absolute Gasteiger partial charge is 0.334 e. The number of aryl methyl sites for hydroxylation is 1. The molecule has 5 nitrogen and oxygen atoms in total. The van der Waals surface area contributed by atoms with Crippen LogP contribution >= 0.6 is 0 Å². The molecule has 0 saturated carbocycles. The lowest BCUT2D eigenvalue weighted by Crippen LogP contribution is -2.49. The molecule has 1 fully saturated rings. The molecule has 110 valence electrons. The van der Waals surface area contributed by atoms with Gasteiger partial charge < -0.3 is 15.2 Å². The summed E-state index contributed by atoms with van der Waals surface area (Å²) in [6, 6.07) is 3.19. The third kappa shape index (κ3) is 2.93. The molecule has 0 spiro atoms. The van der Waals surface area contributed by atoms with Crippen molar-refractivity contribution in [1.29, 1.82) is 0 Å². The zero-order valence-electron chi connectivity index (χ0n) is 12.2. The first kappa shape index (κ1) is 14.8. The fraction of sp³-hybridized carbons (Fsp3) is 0.600. The summed E-state index contributed by atoms with van der Waals surface area (Å²) >= 11 is 0. The second-order valence-electron chi connectivity index (χ2n) is 5.55. The van der Waals surface area contributed by atoms with Crippen LogP contribution in [0, 0.1) is 5.92 Å². The van der Waals surface area contributed by atoms with Gasteiger partial charge >= 0.3 is 0 Å². The van der Waals surface area contributed by atoms with E-state index in [0.29, 0.717) is 18.0 Å². The van der Waals surface area contributed by atoms with Crippen molar-refractivity contribution in [2.24, 2.45) is 18.7 Å². The number of carbonyl (C=O) groups excluding carboxylic acids is 1. The first-order chi connectivity index (χ1) is 9.56. The van der Waals surface area contributed by atoms with Crippen molar-refractivity contribution in [2.45, 2.75) is 32.2 Å². The molecule has 1 amide bonds. The molecule has 1 aliphatic rings. The fourth-order valence-electron chi connectivity index (χ4n) is 2.84. The van der Waals surface area contributed by atoms with E-state index in [1.807, 2.05) is 4.90 Å². The minimum absolute atomic E-state index is 0.0762. The fourth-order valence-corrected chi connectivity index (χ4v) is 2.84. The van der Waals surface area contributed by atoms with Gasteiger partial charge in [-0.05, 0) is 24.8 Å². The molecule has 0 aliphatic carbocycles. The normalized spacial score (nSPS) is 22.9. The number of pyridine rings is 1. The van der Waals surface area contributed by atoms with E-state index in [1.165, 1.54) is 10.6 Å². The number of rotatable bonds is 3. The topological polar surface area (TPSA) is 68.3 Å². The van der Waals surface area contributed by atoms with Gasteiger partial charge in [0.1, 0.15) is 0 Å². The molecule has 1 aromatic rings. The Bertz CT molecular complexity index is 538. The third-order valence-electron chi connectivity index (χ3n) is 4.29. The SMILES string of the molecule is CCC1CCN(C(=O)c2ccn(C)c(=O)c2)C(CN)C1. The van der Waals surface area contributed by atoms with Gasteiger partial charge in [0.15, 0.2) is 0 Å². The Labute approximate surface area is 119 Å². The van der Waals surface area contributed by atoms with Crippen LogP contribution in [-0.2, 0) is 7.05 Å². The number of aromatic nitrogens is 1. The van der Waals surface area contributed by atoms with E-state index in [4.69, 9.17) is 5.73 Å². The van der Waals surface area contributed by atoms with Crippen LogP contribution in [-0.4, -0.2) is 34.5 Å². The van der Waals surface area contributed by atoms with Gasteiger partial charge in [-0.3, -0.25) is 9.59 Å². The summed E-state index contributed by atoms with van der Waals surface area (Å²) < 4.78 is 1.46. The van der Waals surface area contributed by atoms with Gasteiger partial charge in [-0.2, -0.15) is 0 Å². The van der Waals surface area contributed by atoms with Crippen molar-refractivity contribution in [3.63, 3.8) is 0 Å². The molecular formula is C15H23N3O2. The van der Waals surface area contributed by atoms with E-state index in [0.717, 1.165) is 25.8 Å². The van der Waals surface area contributed by atoms with Crippen LogP contribution in [0.15, 0.2) is 23.1 Å². The highest BCUT2D eigenvalue weighted by molar-refractivity contribution is 5.94. The van der Waals surface area contributed by atoms with E-state index in [1.54, 1.807) is 19.3 Å². The van der Waals surface area contributed by atoms with Gasteiger partial charge in [-0.15, -0.1) is 0 Å². The zero-order chi connectivity index (χ0) is 14.7. The Morgan fingerprint density at radius 3 is 2.85 bits per heavy atom. The molecule has 2 unspecified atom stereocenters. The summed E-state index contributed by atoms with van der Waals surface area (Å²) in [4.78, 5) is 26.0. The van der Waals surface area contributed by atoms with Crippen LogP contribution in [0.25, 0.3) is 0 Å². The Hall–Kier alpha value is -1.62. The number of likely N-dealkylation sites (tertiary alicyclic amines) is 1. The molecule has 5 heteroatoms. The van der Waals surface area contributed by atoms with Gasteiger partial charge in [0.05, 0.1) is 0 Å². The first-order valence-electron chi connectivity index (χ1n) is 7.24. The standard InChI is InChI=1S/C15H23N3O2/c1-3-11-4-7-18(13(8-11)10-16)15(20)12-5-6-17(2)14(19)9-12/h5-6,9,11,13H,3-4,7-8,10,16H2,1-2H3. The average molecular weight is 277 g/mol. The van der Waals surface area contributed by atoms with E-state index < -0.39 is 0 Å². The van der Waals surface area contributed by atoms with Crippen LogP contribution in [0.4, 0.5) is 0 Å². The highest BCUT2D eigenvalue weighted by Gasteiger charge is 2.30. The molecule has 1 saturated heterocycles. The maximum atomic E-state index is 12.5. The van der Waals surface area contributed by atoms with E-state index in [2.05, 4.69) is 6.92 Å². The molecule has 20 heavy (non-hydrogen) atoms. The molecule has 0 radical (unpaired) electrons. The highest BCUT2D eigenvalue weighted by atomic mass is 16.2. The first-order valence-corrected chi connectivity index (χ1v) is 7.24. The van der Waals surface area contributed by atoms with Crippen LogP contribution < -0.4 is 11.3 Å². The molecule has 0 bridgehead atoms. The quantitative estimate of drug-likeness (QED) is 0.895. The minimum atomic E-state index is -0.163. The van der Waals surface area contributed by atoms with Crippen molar-refractivity contribution < 1.29 is 4.79 Å². The molecule has 2 atom stereocenters. The third-order valence-corrected chi connectivity index (χ3v) is 4.29. The van der Waals surface area contributed by atoms with Crippen LogP contribution in [0.3, 0.4) is 0 Å². The molecule has 2 N–H and O–H groups in total. The van der Waals surface area contributed by atoms with Crippen molar-refractivity contribution in [1.82, 2.24) is 9.47 Å². The smallest absolute Gasteiger partial charge is 0.254 e. The Kier molecular flexibility index (Phi) is 4.60. The van der Waals surface area contributed by atoms with Crippen molar-refractivity contribution in [3.8, 4) is 0 Å². The lowest BCUT2D eigenvalue weighted by Gasteiger charge is -2.38. The number of amides is 1. The highest BCUT2D eigenvalue weighted by Crippen LogP contribution is 2.26. The molecule has 0 aromatic carbocycles. The lowest BCUT2D eigenvalue weighted by molar-refractivity contribution is 0.0558. The summed E-state index contributed by atoms with van der Waals surface area (Å²) in [7, 11) is 1.67. The number of hydrogen-bond donors (Lipinski definition) is 1. The van der Waals surface area contributed by atoms with E-state index >= 15 is 0 Å². The molecule has 1 aliphatic heterocycles. The number of hydrogen-bond acceptors (Lipinski definition) is 3. The lowest BCUT2D eigenvalue weighted by atomic mass is 9.88. The molecular weight excluding hydrogens is 254 g/mol. The maximum absolute atomic E-state index is 12.5. The Balaban J connectivity index is 2.19. The predicted octanol–water partition coefficient (Wildman–Crippen LogP) is 0.975. The summed E-state index contributed by atoms with van der Waals surface area (Å²) in [6.07, 6.45) is 4.74. The summed E-state index contributed by atoms with van der Waals surface area (Å²) in [5.74, 6) is 0.573. The van der Waals surface area contributed by atoms with Crippen molar-refractivity contribution >= 4 is 5.91 Å². The van der Waals surface area contributed by atoms with Gasteiger partial charge in [-0.1, -0.05) is 13.3 Å². The van der Waals surface area contributed by atoms with Crippen LogP contribution in [0.1, 0.15) is 36.5 Å². The maximum Gasteiger partial charge on any atom is 0.254 e. The average Bonchev–Trinajstić information content (AvgIpc) is 2.48. The van der Waals surface area contributed by atoms with Gasteiger partial charge in [0, 0.05) is 44.0 Å². The van der Waals surface area contributed by atoms with Crippen molar-refractivity contribution in [2.75, 3.05) is 13.1 Å². The number of carbonyl (C=O) groups is 1. The van der Waals surface area contributed by atoms with Crippen LogP contribution in [0.5, 0.6) is 0 Å². The molecule has 2 heterocycles. The summed E-state index contributed by atoms with van der Waals surface area (Å²) in [6.45, 7) is 3.39. The molecule has 2 rings (SSSR count). The molecule has 1 aromatic heterocycles. The monoisotopic (exact) mass is 277 g/mol. The summed E-state index contributed by atoms with van der Waals surface area (Å²) in [5, 5.41) is 0. The van der Waals surface area contributed by atoms with Gasteiger partial charge in [-0.25, -0.2) is 0 Å². The Morgan fingerprint density at radius 1 is 1.50 bits per heavy atom. The van der Waals surface area contributed by atoms with Crippen molar-refractivity contribution in [3.05, 3.63) is 34.2 Å². The summed E-state index contributed by atoms with van der Waals surface area (Å²) in [5.41, 5.74) is 6.12. The Morgan fingerprint density at radius 2 is 2.25 bits per heavy atom. The van der Waals surface area contributed by atoms with E-state index in [-0.39, 0.29) is 17.5 Å². The minimum Gasteiger partial charge on any atom is -0.334 e. The number of piperidine rings is 1. The second kappa shape index (κ2) is 6.22. The zero-order valence-corrected chi connectivity index (χ0v) is 12.2. The number of nitrogens with zero attached hydrogens (tertiary/aromatic N) is 2. The number of nitrogens with two attached hydrogens (primary N) is 1. The second-order valence-corrected chi connectivity index (χ2v) is 5.55. The van der Waals surface area contributed by atoms with Crippen LogP contribution in [0.2, 0.25) is 0 Å².